The Bertz CT molecular complexity index is 740. The lowest BCUT2D eigenvalue weighted by Gasteiger charge is -2.26. The first-order chi connectivity index (χ1) is 10.4. The van der Waals surface area contributed by atoms with Gasteiger partial charge in [-0.05, 0) is 43.4 Å². The number of nitrogen functional groups attached to an aromatic ring is 1. The number of nitrogens with two attached hydrogens (primary N) is 1. The predicted molar refractivity (Wildman–Crippen MR) is 86.7 cm³/mol. The van der Waals surface area contributed by atoms with Gasteiger partial charge in [0.1, 0.15) is 6.04 Å². The summed E-state index contributed by atoms with van der Waals surface area (Å²) in [4.78, 5) is 24.8. The molecule has 0 unspecified atom stereocenters. The summed E-state index contributed by atoms with van der Waals surface area (Å²) in [6, 6.07) is 4.61. The minimum Gasteiger partial charge on any atom is -0.480 e. The molecule has 1 aromatic carbocycles. The zero-order chi connectivity index (χ0) is 16.3. The van der Waals surface area contributed by atoms with Gasteiger partial charge in [0.05, 0.1) is 0 Å². The molecule has 116 valence electrons. The Morgan fingerprint density at radius 1 is 1.45 bits per heavy atom. The van der Waals surface area contributed by atoms with E-state index >= 15 is 0 Å². The molecule has 0 aliphatic carbocycles. The van der Waals surface area contributed by atoms with E-state index in [0.717, 1.165) is 16.2 Å². The number of carboxylic acids is 1. The molecule has 0 aliphatic rings. The summed E-state index contributed by atoms with van der Waals surface area (Å²) in [5.74, 6) is -1.14. The van der Waals surface area contributed by atoms with E-state index in [2.05, 4.69) is 15.5 Å². The van der Waals surface area contributed by atoms with Crippen molar-refractivity contribution in [2.24, 2.45) is 0 Å². The number of nitrogens with one attached hydrogen (secondary N) is 2. The van der Waals surface area contributed by atoms with Crippen LogP contribution in [0.2, 0.25) is 0 Å². The second-order valence-corrected chi connectivity index (χ2v) is 5.99. The van der Waals surface area contributed by atoms with Gasteiger partial charge in [-0.1, -0.05) is 11.3 Å². The van der Waals surface area contributed by atoms with Gasteiger partial charge in [-0.3, -0.25) is 15.3 Å². The molecule has 2 amide bonds. The zero-order valence-electron chi connectivity index (χ0n) is 11.4. The molecule has 0 bridgehead atoms. The Labute approximate surface area is 134 Å². The van der Waals surface area contributed by atoms with Crippen LogP contribution in [0.1, 0.15) is 6.92 Å². The lowest BCUT2D eigenvalue weighted by Crippen LogP contribution is -2.45. The first-order valence-electron chi connectivity index (χ1n) is 6.12. The zero-order valence-corrected chi connectivity index (χ0v) is 13.1. The van der Waals surface area contributed by atoms with Crippen molar-refractivity contribution in [3.63, 3.8) is 0 Å². The van der Waals surface area contributed by atoms with Crippen LogP contribution in [0.15, 0.2) is 24.3 Å². The summed E-state index contributed by atoms with van der Waals surface area (Å²) in [6.45, 7) is 1.41. The highest BCUT2D eigenvalue weighted by Gasteiger charge is 2.27. The van der Waals surface area contributed by atoms with Crippen molar-refractivity contribution >= 4 is 52.1 Å². The number of carboxylic acid groups (broad SMARTS) is 1. The van der Waals surface area contributed by atoms with Crippen LogP contribution < -0.4 is 16.0 Å². The van der Waals surface area contributed by atoms with Crippen LogP contribution in [0.4, 0.5) is 21.3 Å². The fraction of sp³-hybridized carbons (Fsp3) is 0.167. The lowest BCUT2D eigenvalue weighted by molar-refractivity contribution is -0.138. The lowest BCUT2D eigenvalue weighted by atomic mass is 10.2. The topological polar surface area (TPSA) is 124 Å². The molecule has 2 rings (SSSR count). The molecule has 0 spiro atoms. The molecule has 0 radical (unpaired) electrons. The van der Waals surface area contributed by atoms with Crippen molar-refractivity contribution in [2.45, 2.75) is 13.0 Å². The normalized spacial score (nSPS) is 11.7. The highest BCUT2D eigenvalue weighted by atomic mass is 32.1. The number of amides is 2. The summed E-state index contributed by atoms with van der Waals surface area (Å²) in [5, 5.41) is 18.3. The smallest absolute Gasteiger partial charge is 0.328 e. The molecule has 0 saturated heterocycles. The van der Waals surface area contributed by atoms with Crippen molar-refractivity contribution in [1.29, 1.82) is 0 Å². The van der Waals surface area contributed by atoms with Gasteiger partial charge in [0.15, 0.2) is 3.95 Å². The molecule has 1 heterocycles. The number of aliphatic carboxylic acids is 1. The highest BCUT2D eigenvalue weighted by molar-refractivity contribution is 7.73. The van der Waals surface area contributed by atoms with Gasteiger partial charge in [0.25, 0.3) is 0 Å². The third-order valence-corrected chi connectivity index (χ3v) is 3.79. The molecule has 5 N–H and O–H groups in total. The number of benzene rings is 1. The van der Waals surface area contributed by atoms with Crippen LogP contribution in [0.25, 0.3) is 0 Å². The number of nitrogens with zero attached hydrogens (tertiary/aromatic N) is 2. The van der Waals surface area contributed by atoms with Crippen molar-refractivity contribution in [2.75, 3.05) is 16.0 Å². The summed E-state index contributed by atoms with van der Waals surface area (Å²) < 4.78 is 0.403. The third kappa shape index (κ3) is 3.59. The van der Waals surface area contributed by atoms with Crippen LogP contribution in [0.5, 0.6) is 0 Å². The molecule has 8 nitrogen and oxygen atoms in total. The number of rotatable bonds is 4. The molecule has 0 fully saturated rings. The number of carbonyl (C=O) groups excluding carboxylic acids is 1. The van der Waals surface area contributed by atoms with Crippen LogP contribution in [0.3, 0.4) is 0 Å². The number of anilines is 3. The second kappa shape index (κ2) is 6.54. The summed E-state index contributed by atoms with van der Waals surface area (Å²) >= 11 is 5.95. The van der Waals surface area contributed by atoms with Crippen LogP contribution in [-0.4, -0.2) is 33.3 Å². The Kier molecular flexibility index (Phi) is 4.73. The number of hydrogen-bond acceptors (Lipinski definition) is 6. The quantitative estimate of drug-likeness (QED) is 0.500. The average Bonchev–Trinajstić information content (AvgIpc) is 2.86. The fourth-order valence-corrected chi connectivity index (χ4v) is 2.48. The van der Waals surface area contributed by atoms with E-state index in [9.17, 15) is 14.7 Å². The van der Waals surface area contributed by atoms with E-state index in [-0.39, 0.29) is 5.13 Å². The maximum absolute atomic E-state index is 12.4. The van der Waals surface area contributed by atoms with Crippen molar-refractivity contribution in [3.8, 4) is 0 Å². The van der Waals surface area contributed by atoms with Gasteiger partial charge < -0.3 is 10.8 Å². The molecule has 10 heteroatoms. The van der Waals surface area contributed by atoms with Gasteiger partial charge in [0, 0.05) is 11.4 Å². The fourth-order valence-electron chi connectivity index (χ4n) is 1.70. The maximum Gasteiger partial charge on any atom is 0.328 e. The average molecular weight is 339 g/mol. The largest absolute Gasteiger partial charge is 0.480 e. The molecule has 22 heavy (non-hydrogen) atoms. The minimum absolute atomic E-state index is 0.257. The van der Waals surface area contributed by atoms with E-state index in [4.69, 9.17) is 18.0 Å². The number of aromatic amines is 1. The number of H-pyrrole nitrogens is 1. The molecule has 0 saturated carbocycles. The van der Waals surface area contributed by atoms with E-state index in [1.54, 1.807) is 24.3 Å². The van der Waals surface area contributed by atoms with Gasteiger partial charge in [-0.25, -0.2) is 9.59 Å². The first-order valence-corrected chi connectivity index (χ1v) is 7.35. The Morgan fingerprint density at radius 3 is 2.59 bits per heavy atom. The van der Waals surface area contributed by atoms with E-state index in [1.165, 1.54) is 6.92 Å². The molecular weight excluding hydrogens is 326 g/mol. The summed E-state index contributed by atoms with van der Waals surface area (Å²) in [6.07, 6.45) is 0. The number of urea groups is 1. The monoisotopic (exact) mass is 339 g/mol. The van der Waals surface area contributed by atoms with Crippen LogP contribution in [0, 0.1) is 3.95 Å². The second-order valence-electron chi connectivity index (χ2n) is 4.32. The standard InChI is InChI=1S/C12H13N5O3S2/c1-6(9(18)19)17(8-4-2-7(13)3-5-8)11(20)14-10-15-16-12(21)22-10/h2-6H,13H2,1H3,(H,16,21)(H,18,19)(H,14,15,20)/t6-/m0/s1. The number of carbonyl (C=O) groups is 2. The van der Waals surface area contributed by atoms with E-state index < -0.39 is 18.0 Å². The van der Waals surface area contributed by atoms with Crippen molar-refractivity contribution in [3.05, 3.63) is 28.2 Å². The number of hydrogen-bond donors (Lipinski definition) is 4. The van der Waals surface area contributed by atoms with Gasteiger partial charge in [-0.15, -0.1) is 5.10 Å². The summed E-state index contributed by atoms with van der Waals surface area (Å²) in [5.41, 5.74) is 6.52. The molecule has 1 atom stereocenters. The highest BCUT2D eigenvalue weighted by Crippen LogP contribution is 2.21. The minimum atomic E-state index is -1.14. The molecule has 1 aromatic heterocycles. The Hall–Kier alpha value is -2.46. The van der Waals surface area contributed by atoms with Gasteiger partial charge >= 0.3 is 12.0 Å². The molecule has 0 aliphatic heterocycles. The maximum atomic E-state index is 12.4. The van der Waals surface area contributed by atoms with Crippen molar-refractivity contribution < 1.29 is 14.7 Å². The molecular formula is C12H13N5O3S2. The molecule has 2 aromatic rings. The van der Waals surface area contributed by atoms with Crippen molar-refractivity contribution in [1.82, 2.24) is 10.2 Å². The Balaban J connectivity index is 2.31. The third-order valence-electron chi connectivity index (χ3n) is 2.79. The predicted octanol–water partition coefficient (Wildman–Crippen LogP) is 2.29. The summed E-state index contributed by atoms with van der Waals surface area (Å²) in [7, 11) is 0. The van der Waals surface area contributed by atoms with Crippen LogP contribution in [-0.2, 0) is 4.79 Å². The first kappa shape index (κ1) is 15.9. The Morgan fingerprint density at radius 2 is 2.09 bits per heavy atom. The van der Waals surface area contributed by atoms with E-state index in [0.29, 0.717) is 15.3 Å². The van der Waals surface area contributed by atoms with Gasteiger partial charge in [-0.2, -0.15) is 0 Å². The van der Waals surface area contributed by atoms with Crippen LogP contribution >= 0.6 is 23.6 Å². The SMILES string of the molecule is C[C@@H](C(=O)O)N(C(=O)Nc1n[nH]c(=S)s1)c1ccc(N)cc1. The van der Waals surface area contributed by atoms with E-state index in [1.807, 2.05) is 0 Å². The number of aromatic nitrogens is 2. The van der Waals surface area contributed by atoms with Gasteiger partial charge in [0.2, 0.25) is 5.13 Å².